The molecule has 22 heavy (non-hydrogen) atoms. The first kappa shape index (κ1) is 15.9. The van der Waals surface area contributed by atoms with Crippen LogP contribution in [0.25, 0.3) is 11.0 Å². The van der Waals surface area contributed by atoms with Crippen molar-refractivity contribution in [3.8, 4) is 5.75 Å². The number of methoxy groups -OCH3 is 1. The fraction of sp³-hybridized carbons (Fsp3) is 0.375. The third-order valence-electron chi connectivity index (χ3n) is 3.44. The number of ether oxygens (including phenoxy) is 1. The van der Waals surface area contributed by atoms with Gasteiger partial charge in [-0.15, -0.1) is 0 Å². The van der Waals surface area contributed by atoms with Crippen LogP contribution in [0.4, 0.5) is 0 Å². The molecule has 1 aromatic carbocycles. The molecule has 0 unspecified atom stereocenters. The van der Waals surface area contributed by atoms with Crippen molar-refractivity contribution in [2.75, 3.05) is 13.7 Å². The van der Waals surface area contributed by atoms with Crippen LogP contribution in [0.15, 0.2) is 22.6 Å². The molecule has 0 fully saturated rings. The molecule has 0 radical (unpaired) electrons. The SMILES string of the molecule is CCNC(=O)[C@@H](C)NC(=O)c1oc2cc(OC)ccc2c1C. The zero-order chi connectivity index (χ0) is 16.3. The van der Waals surface area contributed by atoms with Gasteiger partial charge in [-0.2, -0.15) is 0 Å². The number of hydrogen-bond acceptors (Lipinski definition) is 4. The summed E-state index contributed by atoms with van der Waals surface area (Å²) < 4.78 is 10.8. The summed E-state index contributed by atoms with van der Waals surface area (Å²) in [6.07, 6.45) is 0. The van der Waals surface area contributed by atoms with Gasteiger partial charge in [-0.05, 0) is 32.9 Å². The van der Waals surface area contributed by atoms with Gasteiger partial charge in [0.15, 0.2) is 5.76 Å². The topological polar surface area (TPSA) is 80.6 Å². The number of furan rings is 1. The lowest BCUT2D eigenvalue weighted by molar-refractivity contribution is -0.122. The highest BCUT2D eigenvalue weighted by atomic mass is 16.5. The number of fused-ring (bicyclic) bond motifs is 1. The second kappa shape index (κ2) is 6.51. The molecule has 6 heteroatoms. The van der Waals surface area contributed by atoms with Crippen molar-refractivity contribution in [1.29, 1.82) is 0 Å². The summed E-state index contributed by atoms with van der Waals surface area (Å²) in [5, 5.41) is 6.14. The van der Waals surface area contributed by atoms with E-state index >= 15 is 0 Å². The van der Waals surface area contributed by atoms with E-state index in [9.17, 15) is 9.59 Å². The van der Waals surface area contributed by atoms with Crippen molar-refractivity contribution in [2.45, 2.75) is 26.8 Å². The van der Waals surface area contributed by atoms with Gasteiger partial charge in [0, 0.05) is 23.6 Å². The summed E-state index contributed by atoms with van der Waals surface area (Å²) in [4.78, 5) is 24.0. The van der Waals surface area contributed by atoms with Gasteiger partial charge in [-0.1, -0.05) is 0 Å². The van der Waals surface area contributed by atoms with Crippen LogP contribution in [-0.2, 0) is 4.79 Å². The van der Waals surface area contributed by atoms with Crippen molar-refractivity contribution >= 4 is 22.8 Å². The number of rotatable bonds is 5. The average Bonchev–Trinajstić information content (AvgIpc) is 2.83. The zero-order valence-electron chi connectivity index (χ0n) is 13.1. The quantitative estimate of drug-likeness (QED) is 0.885. The molecule has 1 aromatic heterocycles. The number of nitrogens with one attached hydrogen (secondary N) is 2. The van der Waals surface area contributed by atoms with Gasteiger partial charge in [-0.25, -0.2) is 0 Å². The maximum Gasteiger partial charge on any atom is 0.287 e. The van der Waals surface area contributed by atoms with E-state index < -0.39 is 11.9 Å². The number of carbonyl (C=O) groups excluding carboxylic acids is 2. The Morgan fingerprint density at radius 3 is 2.73 bits per heavy atom. The molecule has 118 valence electrons. The number of aryl methyl sites for hydroxylation is 1. The number of amides is 2. The average molecular weight is 304 g/mol. The summed E-state index contributed by atoms with van der Waals surface area (Å²) in [5.41, 5.74) is 1.31. The van der Waals surface area contributed by atoms with Gasteiger partial charge in [0.05, 0.1) is 7.11 Å². The fourth-order valence-electron chi connectivity index (χ4n) is 2.20. The lowest BCUT2D eigenvalue weighted by Crippen LogP contribution is -2.44. The van der Waals surface area contributed by atoms with E-state index in [0.717, 1.165) is 10.9 Å². The van der Waals surface area contributed by atoms with Crippen LogP contribution in [-0.4, -0.2) is 31.5 Å². The monoisotopic (exact) mass is 304 g/mol. The lowest BCUT2D eigenvalue weighted by Gasteiger charge is -2.12. The highest BCUT2D eigenvalue weighted by Gasteiger charge is 2.21. The Kier molecular flexibility index (Phi) is 4.70. The molecular weight excluding hydrogens is 284 g/mol. The summed E-state index contributed by atoms with van der Waals surface area (Å²) in [7, 11) is 1.57. The first-order chi connectivity index (χ1) is 10.5. The molecule has 1 heterocycles. The van der Waals surface area contributed by atoms with Gasteiger partial charge >= 0.3 is 0 Å². The maximum absolute atomic E-state index is 12.3. The molecule has 0 bridgehead atoms. The molecule has 2 N–H and O–H groups in total. The third kappa shape index (κ3) is 3.05. The Hall–Kier alpha value is -2.50. The molecule has 6 nitrogen and oxygen atoms in total. The molecule has 0 saturated heterocycles. The van der Waals surface area contributed by atoms with Crippen LogP contribution in [0.5, 0.6) is 5.75 Å². The Labute approximate surface area is 128 Å². The van der Waals surface area contributed by atoms with E-state index in [1.807, 2.05) is 26.0 Å². The van der Waals surface area contributed by atoms with Crippen molar-refractivity contribution in [3.63, 3.8) is 0 Å². The fourth-order valence-corrected chi connectivity index (χ4v) is 2.20. The molecule has 0 spiro atoms. The molecule has 0 saturated carbocycles. The van der Waals surface area contributed by atoms with Crippen LogP contribution in [0.1, 0.15) is 30.0 Å². The van der Waals surface area contributed by atoms with Gasteiger partial charge in [0.2, 0.25) is 5.91 Å². The molecule has 1 atom stereocenters. The Morgan fingerprint density at radius 2 is 2.09 bits per heavy atom. The molecular formula is C16H20N2O4. The number of carbonyl (C=O) groups is 2. The predicted molar refractivity (Wildman–Crippen MR) is 83.1 cm³/mol. The summed E-state index contributed by atoms with van der Waals surface area (Å²) >= 11 is 0. The zero-order valence-corrected chi connectivity index (χ0v) is 13.1. The van der Waals surface area contributed by atoms with Crippen molar-refractivity contribution in [2.24, 2.45) is 0 Å². The third-order valence-corrected chi connectivity index (χ3v) is 3.44. The first-order valence-electron chi connectivity index (χ1n) is 7.13. The minimum atomic E-state index is -0.630. The van der Waals surface area contributed by atoms with Crippen LogP contribution >= 0.6 is 0 Å². The van der Waals surface area contributed by atoms with Crippen LogP contribution < -0.4 is 15.4 Å². The number of benzene rings is 1. The minimum absolute atomic E-state index is 0.208. The normalized spacial score (nSPS) is 12.0. The van der Waals surface area contributed by atoms with E-state index in [1.54, 1.807) is 20.1 Å². The molecule has 2 amide bonds. The number of likely N-dealkylation sites (N-methyl/N-ethyl adjacent to an activating group) is 1. The molecule has 0 aliphatic heterocycles. The summed E-state index contributed by atoms with van der Waals surface area (Å²) in [5.74, 6) is 0.223. The van der Waals surface area contributed by atoms with Crippen molar-refractivity contribution < 1.29 is 18.7 Å². The second-order valence-corrected chi connectivity index (χ2v) is 5.01. The van der Waals surface area contributed by atoms with Gasteiger partial charge < -0.3 is 19.8 Å². The Bertz CT molecular complexity index is 705. The highest BCUT2D eigenvalue weighted by molar-refractivity contribution is 6.01. The second-order valence-electron chi connectivity index (χ2n) is 5.01. The Morgan fingerprint density at radius 1 is 1.36 bits per heavy atom. The van der Waals surface area contributed by atoms with E-state index in [-0.39, 0.29) is 11.7 Å². The summed E-state index contributed by atoms with van der Waals surface area (Å²) in [6, 6.07) is 4.75. The summed E-state index contributed by atoms with van der Waals surface area (Å²) in [6.45, 7) is 5.78. The van der Waals surface area contributed by atoms with Crippen LogP contribution in [0.3, 0.4) is 0 Å². The standard InChI is InChI=1S/C16H20N2O4/c1-5-17-15(19)10(3)18-16(20)14-9(2)12-7-6-11(21-4)8-13(12)22-14/h6-8,10H,5H2,1-4H3,(H,17,19)(H,18,20)/t10-/m1/s1. The van der Waals surface area contributed by atoms with E-state index in [4.69, 9.17) is 9.15 Å². The van der Waals surface area contributed by atoms with Gasteiger partial charge in [-0.3, -0.25) is 9.59 Å². The van der Waals surface area contributed by atoms with Gasteiger partial charge in [0.25, 0.3) is 5.91 Å². The lowest BCUT2D eigenvalue weighted by atomic mass is 10.1. The predicted octanol–water partition coefficient (Wildman–Crippen LogP) is 2.00. The van der Waals surface area contributed by atoms with Crippen molar-refractivity contribution in [1.82, 2.24) is 10.6 Å². The van der Waals surface area contributed by atoms with Crippen LogP contribution in [0, 0.1) is 6.92 Å². The molecule has 0 aliphatic rings. The van der Waals surface area contributed by atoms with Crippen molar-refractivity contribution in [3.05, 3.63) is 29.5 Å². The molecule has 0 aliphatic carbocycles. The number of hydrogen-bond donors (Lipinski definition) is 2. The highest BCUT2D eigenvalue weighted by Crippen LogP contribution is 2.28. The van der Waals surface area contributed by atoms with E-state index in [0.29, 0.717) is 17.9 Å². The largest absolute Gasteiger partial charge is 0.497 e. The first-order valence-corrected chi connectivity index (χ1v) is 7.13. The smallest absolute Gasteiger partial charge is 0.287 e. The molecule has 2 rings (SSSR count). The Balaban J connectivity index is 2.24. The van der Waals surface area contributed by atoms with Crippen LogP contribution in [0.2, 0.25) is 0 Å². The minimum Gasteiger partial charge on any atom is -0.497 e. The maximum atomic E-state index is 12.3. The van der Waals surface area contributed by atoms with Gasteiger partial charge in [0.1, 0.15) is 17.4 Å². The van der Waals surface area contributed by atoms with E-state index in [2.05, 4.69) is 10.6 Å². The molecule has 2 aromatic rings. The van der Waals surface area contributed by atoms with E-state index in [1.165, 1.54) is 0 Å².